The van der Waals surface area contributed by atoms with E-state index in [2.05, 4.69) is 46.3 Å². The van der Waals surface area contributed by atoms with Gasteiger partial charge in [0.2, 0.25) is 0 Å². The lowest BCUT2D eigenvalue weighted by Gasteiger charge is -2.14. The van der Waals surface area contributed by atoms with Crippen LogP contribution in [0.1, 0.15) is 31.7 Å². The molecule has 1 aromatic heterocycles. The van der Waals surface area contributed by atoms with Gasteiger partial charge in [-0.1, -0.05) is 22.9 Å². The summed E-state index contributed by atoms with van der Waals surface area (Å²) in [7, 11) is 1.99. The number of hydrogen-bond acceptors (Lipinski definition) is 2. The molecule has 0 spiro atoms. The van der Waals surface area contributed by atoms with Crippen molar-refractivity contribution in [2.75, 3.05) is 0 Å². The van der Waals surface area contributed by atoms with E-state index in [1.807, 2.05) is 18.7 Å². The van der Waals surface area contributed by atoms with Gasteiger partial charge in [-0.2, -0.15) is 5.10 Å². The molecule has 3 nitrogen and oxygen atoms in total. The minimum absolute atomic E-state index is 0.523. The normalized spacial score (nSPS) is 15.3. The van der Waals surface area contributed by atoms with Crippen LogP contribution in [0.25, 0.3) is 0 Å². The van der Waals surface area contributed by atoms with Gasteiger partial charge in [-0.05, 0) is 26.3 Å². The number of aryl methyl sites for hydroxylation is 2. The van der Waals surface area contributed by atoms with E-state index in [0.29, 0.717) is 10.9 Å². The average Bonchev–Trinajstić information content (AvgIpc) is 2.40. The van der Waals surface area contributed by atoms with E-state index in [0.717, 1.165) is 18.7 Å². The Morgan fingerprint density at radius 3 is 2.67 bits per heavy atom. The van der Waals surface area contributed by atoms with Gasteiger partial charge in [-0.25, -0.2) is 0 Å². The molecule has 1 N–H and O–H groups in total. The zero-order chi connectivity index (χ0) is 11.4. The zero-order valence-corrected chi connectivity index (χ0v) is 11.5. The lowest BCUT2D eigenvalue weighted by molar-refractivity contribution is 0.501. The number of hydrogen-bond donors (Lipinski definition) is 1. The smallest absolute Gasteiger partial charge is 0.0597 e. The van der Waals surface area contributed by atoms with Crippen LogP contribution >= 0.6 is 15.9 Å². The number of alkyl halides is 1. The lowest BCUT2D eigenvalue weighted by atomic mass is 10.2. The molecule has 0 fully saturated rings. The first-order valence-corrected chi connectivity index (χ1v) is 6.27. The molecule has 2 atom stereocenters. The summed E-state index contributed by atoms with van der Waals surface area (Å²) in [5, 5.41) is 7.81. The van der Waals surface area contributed by atoms with Crippen LogP contribution in [0.3, 0.4) is 0 Å². The molecule has 1 heterocycles. The van der Waals surface area contributed by atoms with Crippen molar-refractivity contribution in [2.45, 2.75) is 44.6 Å². The van der Waals surface area contributed by atoms with Crippen molar-refractivity contribution < 1.29 is 0 Å². The Morgan fingerprint density at radius 2 is 2.20 bits per heavy atom. The van der Waals surface area contributed by atoms with Crippen molar-refractivity contribution in [3.8, 4) is 0 Å². The number of nitrogens with one attached hydrogen (secondary N) is 1. The Morgan fingerprint density at radius 1 is 1.53 bits per heavy atom. The average molecular weight is 274 g/mol. The first-order valence-electron chi connectivity index (χ1n) is 5.36. The second-order valence-electron chi connectivity index (χ2n) is 4.20. The SMILES string of the molecule is Cc1cc(CNC(C)CC(C)Br)n(C)n1. The highest BCUT2D eigenvalue weighted by Crippen LogP contribution is 2.08. The maximum absolute atomic E-state index is 4.32. The van der Waals surface area contributed by atoms with Crippen molar-refractivity contribution >= 4 is 15.9 Å². The highest BCUT2D eigenvalue weighted by molar-refractivity contribution is 9.09. The first kappa shape index (κ1) is 12.7. The van der Waals surface area contributed by atoms with Crippen LogP contribution < -0.4 is 5.32 Å². The van der Waals surface area contributed by atoms with Crippen molar-refractivity contribution in [3.63, 3.8) is 0 Å². The molecule has 1 rings (SSSR count). The molecule has 0 bridgehead atoms. The van der Waals surface area contributed by atoms with E-state index in [1.165, 1.54) is 5.69 Å². The summed E-state index contributed by atoms with van der Waals surface area (Å²) in [6, 6.07) is 2.65. The highest BCUT2D eigenvalue weighted by Gasteiger charge is 2.07. The summed E-state index contributed by atoms with van der Waals surface area (Å²) in [6.45, 7) is 7.29. The van der Waals surface area contributed by atoms with Crippen LogP contribution in [-0.2, 0) is 13.6 Å². The van der Waals surface area contributed by atoms with E-state index in [-0.39, 0.29) is 0 Å². The Hall–Kier alpha value is -0.350. The maximum Gasteiger partial charge on any atom is 0.0597 e. The molecule has 2 unspecified atom stereocenters. The summed E-state index contributed by atoms with van der Waals surface area (Å²) in [6.07, 6.45) is 1.14. The Bertz CT molecular complexity index is 307. The van der Waals surface area contributed by atoms with Gasteiger partial charge in [-0.15, -0.1) is 0 Å². The van der Waals surface area contributed by atoms with Crippen molar-refractivity contribution in [2.24, 2.45) is 7.05 Å². The molecular formula is C11H20BrN3. The predicted octanol–water partition coefficient (Wildman–Crippen LogP) is 2.38. The van der Waals surface area contributed by atoms with Crippen LogP contribution in [0.15, 0.2) is 6.07 Å². The summed E-state index contributed by atoms with van der Waals surface area (Å²) in [5.41, 5.74) is 2.32. The lowest BCUT2D eigenvalue weighted by Crippen LogP contribution is -2.28. The van der Waals surface area contributed by atoms with Gasteiger partial charge in [0.1, 0.15) is 0 Å². The zero-order valence-electron chi connectivity index (χ0n) is 9.92. The molecule has 1 aromatic rings. The molecule has 0 radical (unpaired) electrons. The van der Waals surface area contributed by atoms with E-state index < -0.39 is 0 Å². The Labute approximate surface area is 100 Å². The fourth-order valence-corrected chi connectivity index (χ4v) is 2.24. The minimum atomic E-state index is 0.523. The highest BCUT2D eigenvalue weighted by atomic mass is 79.9. The molecule has 0 amide bonds. The monoisotopic (exact) mass is 273 g/mol. The van der Waals surface area contributed by atoms with Crippen LogP contribution in [0.5, 0.6) is 0 Å². The number of halogens is 1. The van der Waals surface area contributed by atoms with E-state index in [9.17, 15) is 0 Å². The quantitative estimate of drug-likeness (QED) is 0.835. The first-order chi connectivity index (χ1) is 6.99. The third-order valence-electron chi connectivity index (χ3n) is 2.41. The van der Waals surface area contributed by atoms with Gasteiger partial charge in [-0.3, -0.25) is 4.68 Å². The fourth-order valence-electron chi connectivity index (χ4n) is 1.68. The number of nitrogens with zero attached hydrogens (tertiary/aromatic N) is 2. The van der Waals surface area contributed by atoms with Crippen molar-refractivity contribution in [1.82, 2.24) is 15.1 Å². The Kier molecular flexibility index (Phi) is 4.80. The summed E-state index contributed by atoms with van der Waals surface area (Å²) in [5.74, 6) is 0. The van der Waals surface area contributed by atoms with E-state index in [4.69, 9.17) is 0 Å². The second-order valence-corrected chi connectivity index (χ2v) is 5.76. The van der Waals surface area contributed by atoms with Crippen LogP contribution in [0.2, 0.25) is 0 Å². The minimum Gasteiger partial charge on any atom is -0.309 e. The number of rotatable bonds is 5. The summed E-state index contributed by atoms with van der Waals surface area (Å²) >= 11 is 3.56. The third-order valence-corrected chi connectivity index (χ3v) is 2.78. The van der Waals surface area contributed by atoms with E-state index in [1.54, 1.807) is 0 Å². The van der Waals surface area contributed by atoms with Gasteiger partial charge in [0.05, 0.1) is 11.4 Å². The molecule has 4 heteroatoms. The molecule has 0 saturated heterocycles. The van der Waals surface area contributed by atoms with Gasteiger partial charge >= 0.3 is 0 Å². The molecular weight excluding hydrogens is 254 g/mol. The Balaban J connectivity index is 2.40. The van der Waals surface area contributed by atoms with Gasteiger partial charge in [0, 0.05) is 24.5 Å². The second kappa shape index (κ2) is 5.66. The third kappa shape index (κ3) is 4.34. The summed E-state index contributed by atoms with van der Waals surface area (Å²) in [4.78, 5) is 0.563. The van der Waals surface area contributed by atoms with Gasteiger partial charge < -0.3 is 5.32 Å². The largest absolute Gasteiger partial charge is 0.309 e. The molecule has 0 aromatic carbocycles. The van der Waals surface area contributed by atoms with Crippen LogP contribution in [0, 0.1) is 6.92 Å². The van der Waals surface area contributed by atoms with Crippen LogP contribution in [0.4, 0.5) is 0 Å². The van der Waals surface area contributed by atoms with Crippen molar-refractivity contribution in [3.05, 3.63) is 17.5 Å². The molecule has 86 valence electrons. The topological polar surface area (TPSA) is 29.9 Å². The maximum atomic E-state index is 4.32. The molecule has 0 aliphatic heterocycles. The molecule has 0 aliphatic rings. The van der Waals surface area contributed by atoms with Gasteiger partial charge in [0.25, 0.3) is 0 Å². The van der Waals surface area contributed by atoms with E-state index >= 15 is 0 Å². The van der Waals surface area contributed by atoms with Crippen LogP contribution in [-0.4, -0.2) is 20.6 Å². The van der Waals surface area contributed by atoms with Gasteiger partial charge in [0.15, 0.2) is 0 Å². The number of aromatic nitrogens is 2. The molecule has 0 aliphatic carbocycles. The van der Waals surface area contributed by atoms with Crippen molar-refractivity contribution in [1.29, 1.82) is 0 Å². The standard InChI is InChI=1S/C11H20BrN3/c1-8(12)5-9(2)13-7-11-6-10(3)14-15(11)4/h6,8-9,13H,5,7H2,1-4H3. The molecule has 0 saturated carbocycles. The predicted molar refractivity (Wildman–Crippen MR) is 67.3 cm³/mol. The fraction of sp³-hybridized carbons (Fsp3) is 0.727. The summed E-state index contributed by atoms with van der Waals surface area (Å²) < 4.78 is 1.94. The molecule has 15 heavy (non-hydrogen) atoms.